The van der Waals surface area contributed by atoms with Crippen molar-refractivity contribution in [1.82, 2.24) is 9.78 Å². The first kappa shape index (κ1) is 9.09. The molecule has 67 valence electrons. The maximum Gasteiger partial charge on any atom is 0.435 e. The minimum Gasteiger partial charge on any atom is -0.272 e. The minimum atomic E-state index is -4.38. The van der Waals surface area contributed by atoms with E-state index in [0.29, 0.717) is 6.54 Å². The maximum absolute atomic E-state index is 11.9. The predicted molar refractivity (Wildman–Crippen MR) is 36.4 cm³/mol. The van der Waals surface area contributed by atoms with Gasteiger partial charge in [-0.15, -0.1) is 0 Å². The largest absolute Gasteiger partial charge is 0.435 e. The Kier molecular flexibility index (Phi) is 2.40. The lowest BCUT2D eigenvalue weighted by molar-refractivity contribution is -0.141. The summed E-state index contributed by atoms with van der Waals surface area (Å²) >= 11 is 0. The first-order chi connectivity index (χ1) is 5.54. The number of alkyl halides is 3. The molecule has 1 heterocycles. The normalized spacial score (nSPS) is 12.0. The number of halogens is 3. The van der Waals surface area contributed by atoms with Gasteiger partial charge in [0.25, 0.3) is 0 Å². The van der Waals surface area contributed by atoms with Gasteiger partial charge in [-0.1, -0.05) is 6.92 Å². The second kappa shape index (κ2) is 3.16. The van der Waals surface area contributed by atoms with E-state index in [-0.39, 0.29) is 0 Å². The minimum absolute atomic E-state index is 0.493. The van der Waals surface area contributed by atoms with Crippen LogP contribution in [0.4, 0.5) is 13.2 Å². The van der Waals surface area contributed by atoms with Crippen LogP contribution in [0.2, 0.25) is 0 Å². The van der Waals surface area contributed by atoms with E-state index in [1.165, 1.54) is 10.9 Å². The molecule has 0 saturated carbocycles. The Balaban J connectivity index is 2.77. The summed E-state index contributed by atoms with van der Waals surface area (Å²) in [5, 5.41) is 3.31. The van der Waals surface area contributed by atoms with Crippen LogP contribution in [0.3, 0.4) is 0 Å². The standard InChI is InChI=1S/C7H8F3N2/c1-2-4-12-5-3-6(11-12)7(8,9)10/h5H,2,4H2,1H3. The molecule has 0 aliphatic carbocycles. The summed E-state index contributed by atoms with van der Waals surface area (Å²) in [5.41, 5.74) is -0.948. The second-order valence-corrected chi connectivity index (χ2v) is 2.38. The summed E-state index contributed by atoms with van der Waals surface area (Å²) in [6.07, 6.45) is -2.40. The van der Waals surface area contributed by atoms with Gasteiger partial charge in [0.2, 0.25) is 0 Å². The highest BCUT2D eigenvalue weighted by Gasteiger charge is 2.33. The highest BCUT2D eigenvalue weighted by atomic mass is 19.4. The highest BCUT2D eigenvalue weighted by molar-refractivity contribution is 5.00. The molecule has 0 amide bonds. The molecule has 0 unspecified atom stereocenters. The van der Waals surface area contributed by atoms with Crippen molar-refractivity contribution in [1.29, 1.82) is 0 Å². The van der Waals surface area contributed by atoms with Crippen LogP contribution in [-0.2, 0) is 12.7 Å². The molecular formula is C7H8F3N2. The van der Waals surface area contributed by atoms with Crippen LogP contribution in [0.1, 0.15) is 19.0 Å². The zero-order valence-corrected chi connectivity index (χ0v) is 6.52. The van der Waals surface area contributed by atoms with Gasteiger partial charge in [-0.3, -0.25) is 4.68 Å². The van der Waals surface area contributed by atoms with Gasteiger partial charge >= 0.3 is 6.18 Å². The van der Waals surface area contributed by atoms with Crippen molar-refractivity contribution >= 4 is 0 Å². The molecule has 12 heavy (non-hydrogen) atoms. The fourth-order valence-corrected chi connectivity index (χ4v) is 0.804. The molecule has 0 bridgehead atoms. The molecule has 1 aromatic rings. The highest BCUT2D eigenvalue weighted by Crippen LogP contribution is 2.26. The van der Waals surface area contributed by atoms with Crippen molar-refractivity contribution in [2.75, 3.05) is 0 Å². The summed E-state index contributed by atoms with van der Waals surface area (Å²) in [5.74, 6) is 0. The SMILES string of the molecule is CCCn1c[c]c(C(F)(F)F)n1. The number of aryl methyl sites for hydroxylation is 1. The summed E-state index contributed by atoms with van der Waals surface area (Å²) in [6.45, 7) is 2.36. The summed E-state index contributed by atoms with van der Waals surface area (Å²) in [7, 11) is 0. The molecular weight excluding hydrogens is 169 g/mol. The van der Waals surface area contributed by atoms with Crippen molar-refractivity contribution < 1.29 is 13.2 Å². The Morgan fingerprint density at radius 3 is 2.67 bits per heavy atom. The van der Waals surface area contributed by atoms with E-state index < -0.39 is 11.9 Å². The van der Waals surface area contributed by atoms with E-state index in [4.69, 9.17) is 0 Å². The molecule has 0 aliphatic heterocycles. The molecule has 1 radical (unpaired) electrons. The Morgan fingerprint density at radius 1 is 1.58 bits per heavy atom. The number of nitrogens with zero attached hydrogens (tertiary/aromatic N) is 2. The van der Waals surface area contributed by atoms with Crippen LogP contribution in [-0.4, -0.2) is 9.78 Å². The van der Waals surface area contributed by atoms with Crippen molar-refractivity contribution in [3.8, 4) is 0 Å². The third-order valence-corrected chi connectivity index (χ3v) is 1.30. The van der Waals surface area contributed by atoms with Gasteiger partial charge in [-0.2, -0.15) is 18.3 Å². The lowest BCUT2D eigenvalue weighted by Gasteiger charge is -2.00. The smallest absolute Gasteiger partial charge is 0.272 e. The fraction of sp³-hybridized carbons (Fsp3) is 0.571. The fourth-order valence-electron chi connectivity index (χ4n) is 0.804. The summed E-state index contributed by atoms with van der Waals surface area (Å²) in [6, 6.07) is 2.06. The van der Waals surface area contributed by atoms with Crippen LogP contribution < -0.4 is 0 Å². The predicted octanol–water partition coefficient (Wildman–Crippen LogP) is 2.11. The van der Waals surface area contributed by atoms with Gasteiger partial charge in [-0.25, -0.2) is 0 Å². The molecule has 0 spiro atoms. The van der Waals surface area contributed by atoms with E-state index in [9.17, 15) is 13.2 Å². The molecule has 0 aromatic carbocycles. The molecule has 1 rings (SSSR count). The van der Waals surface area contributed by atoms with Crippen molar-refractivity contribution in [3.05, 3.63) is 18.0 Å². The Morgan fingerprint density at radius 2 is 2.25 bits per heavy atom. The molecule has 0 atom stereocenters. The van der Waals surface area contributed by atoms with Gasteiger partial charge in [0.1, 0.15) is 0 Å². The Hall–Kier alpha value is -1.00. The van der Waals surface area contributed by atoms with Gasteiger partial charge < -0.3 is 0 Å². The average Bonchev–Trinajstić information content (AvgIpc) is 2.35. The van der Waals surface area contributed by atoms with Crippen LogP contribution in [0, 0.1) is 6.07 Å². The van der Waals surface area contributed by atoms with E-state index in [0.717, 1.165) is 6.42 Å². The van der Waals surface area contributed by atoms with E-state index in [2.05, 4.69) is 11.2 Å². The van der Waals surface area contributed by atoms with Gasteiger partial charge in [0.05, 0.1) is 0 Å². The van der Waals surface area contributed by atoms with Gasteiger partial charge in [-0.05, 0) is 6.42 Å². The van der Waals surface area contributed by atoms with Crippen LogP contribution in [0.15, 0.2) is 6.20 Å². The first-order valence-electron chi connectivity index (χ1n) is 3.56. The van der Waals surface area contributed by atoms with Gasteiger partial charge in [0, 0.05) is 18.8 Å². The first-order valence-corrected chi connectivity index (χ1v) is 3.56. The maximum atomic E-state index is 11.9. The number of aromatic nitrogens is 2. The van der Waals surface area contributed by atoms with Crippen LogP contribution >= 0.6 is 0 Å². The quantitative estimate of drug-likeness (QED) is 0.676. The van der Waals surface area contributed by atoms with Crippen molar-refractivity contribution in [2.24, 2.45) is 0 Å². The van der Waals surface area contributed by atoms with Gasteiger partial charge in [0.15, 0.2) is 5.69 Å². The topological polar surface area (TPSA) is 17.8 Å². The second-order valence-electron chi connectivity index (χ2n) is 2.38. The third kappa shape index (κ3) is 1.99. The Labute approximate surface area is 68.0 Å². The summed E-state index contributed by atoms with van der Waals surface area (Å²) < 4.78 is 37.0. The number of hydrogen-bond acceptors (Lipinski definition) is 1. The zero-order valence-electron chi connectivity index (χ0n) is 6.52. The Bertz CT molecular complexity index is 251. The third-order valence-electron chi connectivity index (χ3n) is 1.30. The lowest BCUT2D eigenvalue weighted by Crippen LogP contribution is -2.07. The molecule has 0 saturated heterocycles. The molecule has 0 N–H and O–H groups in total. The number of rotatable bonds is 2. The zero-order chi connectivity index (χ0) is 9.19. The molecule has 5 heteroatoms. The van der Waals surface area contributed by atoms with E-state index in [1.54, 1.807) is 0 Å². The number of hydrogen-bond donors (Lipinski definition) is 0. The van der Waals surface area contributed by atoms with Crippen molar-refractivity contribution in [2.45, 2.75) is 26.1 Å². The molecule has 0 aliphatic rings. The van der Waals surface area contributed by atoms with Crippen LogP contribution in [0.25, 0.3) is 0 Å². The van der Waals surface area contributed by atoms with E-state index in [1.807, 2.05) is 6.92 Å². The molecule has 0 fully saturated rings. The molecule has 2 nitrogen and oxygen atoms in total. The monoisotopic (exact) mass is 177 g/mol. The van der Waals surface area contributed by atoms with Crippen molar-refractivity contribution in [3.63, 3.8) is 0 Å². The average molecular weight is 177 g/mol. The molecule has 1 aromatic heterocycles. The van der Waals surface area contributed by atoms with E-state index >= 15 is 0 Å². The lowest BCUT2D eigenvalue weighted by atomic mass is 10.4. The van der Waals surface area contributed by atoms with Crippen LogP contribution in [0.5, 0.6) is 0 Å². The summed E-state index contributed by atoms with van der Waals surface area (Å²) in [4.78, 5) is 0.